The lowest BCUT2D eigenvalue weighted by molar-refractivity contribution is 0.102. The number of carbonyl (C=O) groups is 1. The van der Waals surface area contributed by atoms with Gasteiger partial charge < -0.3 is 5.32 Å². The number of carbonyl (C=O) groups excluding carboxylic acids is 1. The molecular formula is C18H11ClF2N2O. The molecule has 0 saturated carbocycles. The first kappa shape index (κ1) is 16.1. The van der Waals surface area contributed by atoms with Gasteiger partial charge in [-0.05, 0) is 30.3 Å². The summed E-state index contributed by atoms with van der Waals surface area (Å²) in [5.74, 6) is -2.47. The van der Waals surface area contributed by atoms with Gasteiger partial charge >= 0.3 is 0 Å². The molecule has 0 bridgehead atoms. The van der Waals surface area contributed by atoms with Crippen molar-refractivity contribution in [2.45, 2.75) is 0 Å². The smallest absolute Gasteiger partial charge is 0.257 e. The summed E-state index contributed by atoms with van der Waals surface area (Å²) in [5.41, 5.74) is 1.83. The predicted octanol–water partition coefficient (Wildman–Crippen LogP) is 4.93. The summed E-state index contributed by atoms with van der Waals surface area (Å²) in [6.07, 6.45) is 1.40. The van der Waals surface area contributed by atoms with Crippen LogP contribution in [0.4, 0.5) is 14.5 Å². The molecule has 0 aliphatic heterocycles. The van der Waals surface area contributed by atoms with Crippen LogP contribution in [0, 0.1) is 11.6 Å². The largest absolute Gasteiger partial charge is 0.322 e. The summed E-state index contributed by atoms with van der Waals surface area (Å²) in [7, 11) is 0. The minimum Gasteiger partial charge on any atom is -0.322 e. The monoisotopic (exact) mass is 344 g/mol. The zero-order valence-corrected chi connectivity index (χ0v) is 13.0. The van der Waals surface area contributed by atoms with Gasteiger partial charge in [0.1, 0.15) is 0 Å². The lowest BCUT2D eigenvalue weighted by Gasteiger charge is -2.07. The highest BCUT2D eigenvalue weighted by Crippen LogP contribution is 2.25. The third-order valence-electron chi connectivity index (χ3n) is 3.35. The Morgan fingerprint density at radius 1 is 1.00 bits per heavy atom. The Balaban J connectivity index is 1.79. The quantitative estimate of drug-likeness (QED) is 0.731. The molecule has 3 nitrogen and oxygen atoms in total. The molecule has 0 atom stereocenters. The fraction of sp³-hybridized carbons (Fsp3) is 0. The second-order valence-corrected chi connectivity index (χ2v) is 5.40. The Labute approximate surface area is 141 Å². The normalized spacial score (nSPS) is 10.5. The van der Waals surface area contributed by atoms with E-state index in [4.69, 9.17) is 11.6 Å². The summed E-state index contributed by atoms with van der Waals surface area (Å²) in [5, 5.41) is 3.04. The number of anilines is 1. The summed E-state index contributed by atoms with van der Waals surface area (Å²) in [6.45, 7) is 0. The highest BCUT2D eigenvalue weighted by molar-refractivity contribution is 6.33. The lowest BCUT2D eigenvalue weighted by atomic mass is 10.1. The van der Waals surface area contributed by atoms with E-state index < -0.39 is 17.5 Å². The molecule has 1 amide bonds. The van der Waals surface area contributed by atoms with Gasteiger partial charge in [-0.1, -0.05) is 29.8 Å². The van der Waals surface area contributed by atoms with Crippen LogP contribution in [0.1, 0.15) is 10.4 Å². The molecule has 24 heavy (non-hydrogen) atoms. The third kappa shape index (κ3) is 3.41. The van der Waals surface area contributed by atoms with Crippen LogP contribution in [-0.2, 0) is 0 Å². The molecule has 0 aliphatic carbocycles. The second kappa shape index (κ2) is 6.76. The number of benzene rings is 2. The van der Waals surface area contributed by atoms with Crippen molar-refractivity contribution in [1.29, 1.82) is 0 Å². The Morgan fingerprint density at radius 3 is 2.46 bits per heavy atom. The van der Waals surface area contributed by atoms with Gasteiger partial charge in [-0.3, -0.25) is 9.78 Å². The van der Waals surface area contributed by atoms with Gasteiger partial charge in [0.2, 0.25) is 0 Å². The number of halogens is 3. The van der Waals surface area contributed by atoms with E-state index >= 15 is 0 Å². The molecule has 3 aromatic rings. The van der Waals surface area contributed by atoms with E-state index in [1.807, 2.05) is 18.2 Å². The molecule has 1 N–H and O–H groups in total. The molecule has 2 aromatic carbocycles. The van der Waals surface area contributed by atoms with Crippen LogP contribution in [0.5, 0.6) is 0 Å². The van der Waals surface area contributed by atoms with Crippen molar-refractivity contribution < 1.29 is 13.6 Å². The van der Waals surface area contributed by atoms with E-state index in [0.29, 0.717) is 10.7 Å². The van der Waals surface area contributed by atoms with Crippen molar-refractivity contribution in [2.24, 2.45) is 0 Å². The molecule has 1 aromatic heterocycles. The number of amides is 1. The van der Waals surface area contributed by atoms with Crippen molar-refractivity contribution in [1.82, 2.24) is 4.98 Å². The van der Waals surface area contributed by atoms with Crippen LogP contribution >= 0.6 is 11.6 Å². The molecule has 0 unspecified atom stereocenters. The van der Waals surface area contributed by atoms with Crippen molar-refractivity contribution in [3.63, 3.8) is 0 Å². The number of rotatable bonds is 3. The van der Waals surface area contributed by atoms with Crippen LogP contribution in [0.2, 0.25) is 5.02 Å². The summed E-state index contributed by atoms with van der Waals surface area (Å²) < 4.78 is 26.0. The number of nitrogens with one attached hydrogen (secondary N) is 1. The van der Waals surface area contributed by atoms with Crippen molar-refractivity contribution in [3.05, 3.63) is 83.0 Å². The molecular weight excluding hydrogens is 334 g/mol. The maximum Gasteiger partial charge on any atom is 0.257 e. The maximum atomic E-state index is 13.2. The molecule has 0 fully saturated rings. The Hall–Kier alpha value is -2.79. The lowest BCUT2D eigenvalue weighted by Crippen LogP contribution is -2.12. The van der Waals surface area contributed by atoms with E-state index in [-0.39, 0.29) is 11.3 Å². The molecule has 3 rings (SSSR count). The Bertz CT molecular complexity index is 898. The van der Waals surface area contributed by atoms with E-state index in [1.165, 1.54) is 12.3 Å². The van der Waals surface area contributed by atoms with Crippen LogP contribution in [0.15, 0.2) is 60.8 Å². The van der Waals surface area contributed by atoms with Gasteiger partial charge in [-0.2, -0.15) is 0 Å². The SMILES string of the molecule is O=C(Nc1ccc(F)c(F)c1)c1ccc(-c2ccccc2Cl)nc1. The van der Waals surface area contributed by atoms with Crippen LogP contribution in [0.25, 0.3) is 11.3 Å². The van der Waals surface area contributed by atoms with Crippen LogP contribution < -0.4 is 5.32 Å². The minimum absolute atomic E-state index is 0.161. The maximum absolute atomic E-state index is 13.2. The average molecular weight is 345 g/mol. The number of pyridine rings is 1. The number of aromatic nitrogens is 1. The van der Waals surface area contributed by atoms with Gasteiger partial charge in [0, 0.05) is 28.5 Å². The highest BCUT2D eigenvalue weighted by atomic mass is 35.5. The van der Waals surface area contributed by atoms with Crippen molar-refractivity contribution in [2.75, 3.05) is 5.32 Å². The molecule has 120 valence electrons. The van der Waals surface area contributed by atoms with E-state index in [1.54, 1.807) is 18.2 Å². The molecule has 0 saturated heterocycles. The highest BCUT2D eigenvalue weighted by Gasteiger charge is 2.10. The van der Waals surface area contributed by atoms with Gasteiger partial charge in [-0.25, -0.2) is 8.78 Å². The standard InChI is InChI=1S/C18H11ClF2N2O/c19-14-4-2-1-3-13(14)17-8-5-11(10-22-17)18(24)23-12-6-7-15(20)16(21)9-12/h1-10H,(H,23,24). The van der Waals surface area contributed by atoms with Crippen molar-refractivity contribution in [3.8, 4) is 11.3 Å². The average Bonchev–Trinajstić information content (AvgIpc) is 2.59. The fourth-order valence-electron chi connectivity index (χ4n) is 2.13. The van der Waals surface area contributed by atoms with Gasteiger partial charge in [0.05, 0.1) is 11.3 Å². The Kier molecular flexibility index (Phi) is 4.53. The summed E-state index contributed by atoms with van der Waals surface area (Å²) >= 11 is 6.11. The van der Waals surface area contributed by atoms with E-state index in [2.05, 4.69) is 10.3 Å². The molecule has 1 heterocycles. The van der Waals surface area contributed by atoms with E-state index in [0.717, 1.165) is 17.7 Å². The molecule has 6 heteroatoms. The zero-order valence-electron chi connectivity index (χ0n) is 12.3. The number of hydrogen-bond donors (Lipinski definition) is 1. The molecule has 0 radical (unpaired) electrons. The van der Waals surface area contributed by atoms with Crippen molar-refractivity contribution >= 4 is 23.2 Å². The second-order valence-electron chi connectivity index (χ2n) is 4.99. The molecule has 0 aliphatic rings. The zero-order chi connectivity index (χ0) is 17.1. The first-order valence-corrected chi connectivity index (χ1v) is 7.40. The van der Waals surface area contributed by atoms with Gasteiger partial charge in [0.15, 0.2) is 11.6 Å². The van der Waals surface area contributed by atoms with E-state index in [9.17, 15) is 13.6 Å². The topological polar surface area (TPSA) is 42.0 Å². The van der Waals surface area contributed by atoms with Gasteiger partial charge in [-0.15, -0.1) is 0 Å². The molecule has 0 spiro atoms. The fourth-order valence-corrected chi connectivity index (χ4v) is 2.37. The first-order chi connectivity index (χ1) is 11.5. The predicted molar refractivity (Wildman–Crippen MR) is 89.0 cm³/mol. The van der Waals surface area contributed by atoms with Crippen LogP contribution in [-0.4, -0.2) is 10.9 Å². The Morgan fingerprint density at radius 2 is 1.79 bits per heavy atom. The van der Waals surface area contributed by atoms with Gasteiger partial charge in [0.25, 0.3) is 5.91 Å². The summed E-state index contributed by atoms with van der Waals surface area (Å²) in [6, 6.07) is 13.6. The van der Waals surface area contributed by atoms with Crippen LogP contribution in [0.3, 0.4) is 0 Å². The number of hydrogen-bond acceptors (Lipinski definition) is 2. The third-order valence-corrected chi connectivity index (χ3v) is 3.68. The first-order valence-electron chi connectivity index (χ1n) is 7.02. The summed E-state index contributed by atoms with van der Waals surface area (Å²) in [4.78, 5) is 16.4. The minimum atomic E-state index is -1.03. The number of nitrogens with zero attached hydrogens (tertiary/aromatic N) is 1.